The van der Waals surface area contributed by atoms with Gasteiger partial charge in [-0.25, -0.2) is 0 Å². The van der Waals surface area contributed by atoms with Gasteiger partial charge in [0.15, 0.2) is 0 Å². The quantitative estimate of drug-likeness (QED) is 0.681. The first-order valence-corrected chi connectivity index (χ1v) is 7.48. The molecular formula is C17H14ClN3O2. The van der Waals surface area contributed by atoms with Gasteiger partial charge in [-0.05, 0) is 29.3 Å². The fourth-order valence-electron chi connectivity index (χ4n) is 2.25. The molecule has 0 aliphatic heterocycles. The van der Waals surface area contributed by atoms with Crippen LogP contribution in [-0.2, 0) is 13.1 Å². The minimum Gasteiger partial charge on any atom is -0.376 e. The summed E-state index contributed by atoms with van der Waals surface area (Å²) in [5.41, 5.74) is 1.46. The van der Waals surface area contributed by atoms with Crippen molar-refractivity contribution in [2.45, 2.75) is 13.1 Å². The van der Waals surface area contributed by atoms with E-state index in [0.29, 0.717) is 29.5 Å². The van der Waals surface area contributed by atoms with Crippen LogP contribution < -0.4 is 21.5 Å². The zero-order valence-electron chi connectivity index (χ0n) is 12.2. The third kappa shape index (κ3) is 3.24. The second-order valence-electron chi connectivity index (χ2n) is 5.06. The molecule has 0 spiro atoms. The molecule has 3 aromatic rings. The molecule has 0 aliphatic carbocycles. The summed E-state index contributed by atoms with van der Waals surface area (Å²) in [7, 11) is 0. The second kappa shape index (κ2) is 6.62. The topological polar surface area (TPSA) is 71.1 Å². The van der Waals surface area contributed by atoms with Crippen LogP contribution >= 0.6 is 11.6 Å². The lowest BCUT2D eigenvalue weighted by Gasteiger charge is -2.15. The Hall–Kier alpha value is -2.66. The van der Waals surface area contributed by atoms with E-state index in [2.05, 4.69) is 15.6 Å². The van der Waals surface area contributed by atoms with Crippen molar-refractivity contribution in [2.75, 3.05) is 10.6 Å². The maximum absolute atomic E-state index is 11.7. The van der Waals surface area contributed by atoms with Crippen LogP contribution in [0.5, 0.6) is 0 Å². The lowest BCUT2D eigenvalue weighted by molar-refractivity contribution is 1.08. The van der Waals surface area contributed by atoms with Gasteiger partial charge in [0.25, 0.3) is 10.9 Å². The van der Waals surface area contributed by atoms with E-state index in [9.17, 15) is 9.59 Å². The van der Waals surface area contributed by atoms with E-state index < -0.39 is 10.9 Å². The third-order valence-corrected chi connectivity index (χ3v) is 3.91. The van der Waals surface area contributed by atoms with Gasteiger partial charge in [0.05, 0.1) is 0 Å². The van der Waals surface area contributed by atoms with Crippen molar-refractivity contribution in [3.8, 4) is 0 Å². The average Bonchev–Trinajstić information content (AvgIpc) is 2.59. The standard InChI is InChI=1S/C17H14ClN3O2/c18-13-4-2-1-3-12(13)10-21-15-14(16(22)17(15)23)20-9-11-5-7-19-8-6-11/h1-8,20-21H,9-10H2. The van der Waals surface area contributed by atoms with E-state index in [1.807, 2.05) is 30.3 Å². The number of nitrogens with zero attached hydrogens (tertiary/aromatic N) is 1. The molecular weight excluding hydrogens is 314 g/mol. The van der Waals surface area contributed by atoms with Gasteiger partial charge in [0, 0.05) is 30.5 Å². The minimum absolute atomic E-state index is 0.309. The predicted octanol–water partition coefficient (Wildman–Crippen LogP) is 2.56. The molecule has 2 N–H and O–H groups in total. The molecule has 3 rings (SSSR count). The third-order valence-electron chi connectivity index (χ3n) is 3.54. The maximum Gasteiger partial charge on any atom is 0.253 e. The summed E-state index contributed by atoms with van der Waals surface area (Å²) in [6.45, 7) is 0.836. The number of hydrogen-bond acceptors (Lipinski definition) is 5. The summed E-state index contributed by atoms with van der Waals surface area (Å²) in [6.07, 6.45) is 3.35. The molecule has 6 heteroatoms. The van der Waals surface area contributed by atoms with E-state index >= 15 is 0 Å². The summed E-state index contributed by atoms with van der Waals surface area (Å²) < 4.78 is 0. The van der Waals surface area contributed by atoms with Crippen molar-refractivity contribution in [3.63, 3.8) is 0 Å². The lowest BCUT2D eigenvalue weighted by Crippen LogP contribution is -2.37. The van der Waals surface area contributed by atoms with Crippen molar-refractivity contribution in [1.29, 1.82) is 0 Å². The van der Waals surface area contributed by atoms with Crippen molar-refractivity contribution >= 4 is 23.0 Å². The fraction of sp³-hybridized carbons (Fsp3) is 0.118. The molecule has 5 nitrogen and oxygen atoms in total. The van der Waals surface area contributed by atoms with E-state index in [4.69, 9.17) is 11.6 Å². The molecule has 0 radical (unpaired) electrons. The molecule has 0 fully saturated rings. The Morgan fingerprint density at radius 1 is 0.870 bits per heavy atom. The minimum atomic E-state index is -0.505. The molecule has 0 saturated heterocycles. The number of anilines is 2. The highest BCUT2D eigenvalue weighted by atomic mass is 35.5. The number of nitrogens with one attached hydrogen (secondary N) is 2. The zero-order chi connectivity index (χ0) is 16.2. The van der Waals surface area contributed by atoms with Crippen LogP contribution in [0.25, 0.3) is 0 Å². The summed E-state index contributed by atoms with van der Waals surface area (Å²) in [4.78, 5) is 27.4. The van der Waals surface area contributed by atoms with E-state index in [1.165, 1.54) is 0 Å². The van der Waals surface area contributed by atoms with E-state index in [1.54, 1.807) is 18.5 Å². The maximum atomic E-state index is 11.7. The number of aromatic nitrogens is 1. The van der Waals surface area contributed by atoms with Gasteiger partial charge >= 0.3 is 0 Å². The molecule has 1 aromatic heterocycles. The Morgan fingerprint density at radius 2 is 1.48 bits per heavy atom. The first-order valence-electron chi connectivity index (χ1n) is 7.10. The summed E-state index contributed by atoms with van der Waals surface area (Å²) >= 11 is 6.08. The van der Waals surface area contributed by atoms with Crippen LogP contribution in [-0.4, -0.2) is 4.98 Å². The zero-order valence-corrected chi connectivity index (χ0v) is 12.9. The van der Waals surface area contributed by atoms with E-state index in [0.717, 1.165) is 11.1 Å². The summed E-state index contributed by atoms with van der Waals surface area (Å²) in [5.74, 6) is 0. The van der Waals surface area contributed by atoms with Crippen LogP contribution in [0.3, 0.4) is 0 Å². The molecule has 0 saturated carbocycles. The molecule has 2 aromatic carbocycles. The first kappa shape index (κ1) is 15.2. The molecule has 0 aliphatic rings. The van der Waals surface area contributed by atoms with Crippen LogP contribution in [0.15, 0.2) is 58.4 Å². The number of pyridine rings is 1. The lowest BCUT2D eigenvalue weighted by atomic mass is 10.1. The average molecular weight is 328 g/mol. The van der Waals surface area contributed by atoms with Crippen LogP contribution in [0.2, 0.25) is 5.02 Å². The molecule has 116 valence electrons. The van der Waals surface area contributed by atoms with Gasteiger partial charge in [-0.1, -0.05) is 29.8 Å². The van der Waals surface area contributed by atoms with Crippen molar-refractivity contribution in [3.05, 3.63) is 85.4 Å². The molecule has 0 amide bonds. The van der Waals surface area contributed by atoms with Crippen molar-refractivity contribution in [1.82, 2.24) is 4.98 Å². The monoisotopic (exact) mass is 327 g/mol. The van der Waals surface area contributed by atoms with Gasteiger partial charge < -0.3 is 10.6 Å². The van der Waals surface area contributed by atoms with Gasteiger partial charge in [-0.15, -0.1) is 0 Å². The second-order valence-corrected chi connectivity index (χ2v) is 5.47. The molecule has 1 heterocycles. The number of hydrogen-bond donors (Lipinski definition) is 2. The Kier molecular flexibility index (Phi) is 4.39. The largest absolute Gasteiger partial charge is 0.376 e. The Bertz CT molecular complexity index is 886. The number of rotatable bonds is 6. The van der Waals surface area contributed by atoms with Crippen LogP contribution in [0.1, 0.15) is 11.1 Å². The highest BCUT2D eigenvalue weighted by Gasteiger charge is 2.20. The SMILES string of the molecule is O=c1c(NCc2ccncc2)c(NCc2ccccc2Cl)c1=O. The summed E-state index contributed by atoms with van der Waals surface area (Å²) in [6, 6.07) is 11.0. The van der Waals surface area contributed by atoms with Crippen molar-refractivity contribution in [2.24, 2.45) is 0 Å². The molecule has 23 heavy (non-hydrogen) atoms. The Balaban J connectivity index is 1.69. The smallest absolute Gasteiger partial charge is 0.253 e. The predicted molar refractivity (Wildman–Crippen MR) is 91.7 cm³/mol. The van der Waals surface area contributed by atoms with Gasteiger partial charge in [0.1, 0.15) is 11.4 Å². The van der Waals surface area contributed by atoms with Gasteiger partial charge in [-0.2, -0.15) is 0 Å². The summed E-state index contributed by atoms with van der Waals surface area (Å²) in [5, 5.41) is 6.61. The first-order chi connectivity index (χ1) is 11.2. The molecule has 0 atom stereocenters. The highest BCUT2D eigenvalue weighted by molar-refractivity contribution is 6.31. The number of halogens is 1. The normalized spacial score (nSPS) is 10.7. The Morgan fingerprint density at radius 3 is 2.13 bits per heavy atom. The van der Waals surface area contributed by atoms with Crippen LogP contribution in [0, 0.1) is 0 Å². The van der Waals surface area contributed by atoms with Crippen molar-refractivity contribution < 1.29 is 0 Å². The highest BCUT2D eigenvalue weighted by Crippen LogP contribution is 2.19. The van der Waals surface area contributed by atoms with Crippen LogP contribution in [0.4, 0.5) is 11.4 Å². The fourth-order valence-corrected chi connectivity index (χ4v) is 2.45. The van der Waals surface area contributed by atoms with Gasteiger partial charge in [0.2, 0.25) is 0 Å². The Labute approximate surface area is 137 Å². The molecule has 0 bridgehead atoms. The van der Waals surface area contributed by atoms with Gasteiger partial charge in [-0.3, -0.25) is 14.6 Å². The molecule has 0 unspecified atom stereocenters. The number of benzene rings is 1. The van der Waals surface area contributed by atoms with E-state index in [-0.39, 0.29) is 0 Å².